The van der Waals surface area contributed by atoms with Crippen LogP contribution in [0.15, 0.2) is 47.4 Å². The number of carbonyl (C=O) groups excluding carboxylic acids is 1. The molecule has 3 rings (SSSR count). The molecule has 2 aromatic rings. The average molecular weight is 354 g/mol. The largest absolute Gasteiger partial charge is 0.496 e. The van der Waals surface area contributed by atoms with E-state index in [9.17, 15) is 4.79 Å². The van der Waals surface area contributed by atoms with Crippen LogP contribution in [-0.2, 0) is 11.2 Å². The summed E-state index contributed by atoms with van der Waals surface area (Å²) in [4.78, 5) is 12.9. The SMILES string of the molecule is CCc1ccc(N[C@@H]2NC(=O)/C(=C/c3ccc(OC)c(C)c3)S2)cc1. The topological polar surface area (TPSA) is 50.4 Å². The Labute approximate surface area is 152 Å². The lowest BCUT2D eigenvalue weighted by molar-refractivity contribution is -0.116. The van der Waals surface area contributed by atoms with E-state index in [1.165, 1.54) is 17.3 Å². The van der Waals surface area contributed by atoms with Gasteiger partial charge in [0.25, 0.3) is 5.91 Å². The molecule has 0 aromatic heterocycles. The van der Waals surface area contributed by atoms with E-state index in [-0.39, 0.29) is 11.4 Å². The van der Waals surface area contributed by atoms with Crippen LogP contribution in [0, 0.1) is 6.92 Å². The highest BCUT2D eigenvalue weighted by Crippen LogP contribution is 2.31. The summed E-state index contributed by atoms with van der Waals surface area (Å²) in [5.41, 5.74) is 4.17. The Morgan fingerprint density at radius 2 is 2.00 bits per heavy atom. The van der Waals surface area contributed by atoms with Gasteiger partial charge >= 0.3 is 0 Å². The molecule has 1 saturated heterocycles. The van der Waals surface area contributed by atoms with Crippen LogP contribution < -0.4 is 15.4 Å². The molecule has 4 nitrogen and oxygen atoms in total. The number of benzene rings is 2. The highest BCUT2D eigenvalue weighted by Gasteiger charge is 2.27. The molecule has 1 aliphatic rings. The van der Waals surface area contributed by atoms with Crippen LogP contribution in [0.25, 0.3) is 6.08 Å². The van der Waals surface area contributed by atoms with Crippen molar-refractivity contribution in [1.29, 1.82) is 0 Å². The third-order valence-electron chi connectivity index (χ3n) is 4.11. The first-order chi connectivity index (χ1) is 12.1. The van der Waals surface area contributed by atoms with Gasteiger partial charge in [-0.1, -0.05) is 36.9 Å². The molecule has 2 N–H and O–H groups in total. The van der Waals surface area contributed by atoms with Gasteiger partial charge in [-0.3, -0.25) is 4.79 Å². The summed E-state index contributed by atoms with van der Waals surface area (Å²) in [5.74, 6) is 0.793. The molecule has 0 saturated carbocycles. The van der Waals surface area contributed by atoms with E-state index < -0.39 is 0 Å². The van der Waals surface area contributed by atoms with Crippen molar-refractivity contribution in [2.24, 2.45) is 0 Å². The lowest BCUT2D eigenvalue weighted by atomic mass is 10.1. The van der Waals surface area contributed by atoms with Crippen molar-refractivity contribution in [1.82, 2.24) is 5.32 Å². The van der Waals surface area contributed by atoms with E-state index >= 15 is 0 Å². The van der Waals surface area contributed by atoms with E-state index in [1.54, 1.807) is 7.11 Å². The molecule has 5 heteroatoms. The number of anilines is 1. The normalized spacial score (nSPS) is 18.3. The zero-order valence-electron chi connectivity index (χ0n) is 14.6. The number of rotatable bonds is 5. The summed E-state index contributed by atoms with van der Waals surface area (Å²) in [6.07, 6.45) is 2.93. The van der Waals surface area contributed by atoms with Crippen molar-refractivity contribution in [3.8, 4) is 5.75 Å². The molecule has 0 unspecified atom stereocenters. The lowest BCUT2D eigenvalue weighted by Gasteiger charge is -2.12. The van der Waals surface area contributed by atoms with Crippen molar-refractivity contribution in [3.05, 3.63) is 64.1 Å². The number of thioether (sulfide) groups is 1. The van der Waals surface area contributed by atoms with Gasteiger partial charge in [0, 0.05) is 5.69 Å². The number of amides is 1. The Morgan fingerprint density at radius 1 is 1.24 bits per heavy atom. The Kier molecular flexibility index (Phi) is 5.34. The Balaban J connectivity index is 1.70. The maximum atomic E-state index is 12.2. The molecule has 1 atom stereocenters. The molecular weight excluding hydrogens is 332 g/mol. The van der Waals surface area contributed by atoms with E-state index in [1.807, 2.05) is 43.3 Å². The second kappa shape index (κ2) is 7.66. The van der Waals surface area contributed by atoms with Gasteiger partial charge in [-0.25, -0.2) is 0 Å². The van der Waals surface area contributed by atoms with Crippen molar-refractivity contribution in [3.63, 3.8) is 0 Å². The van der Waals surface area contributed by atoms with Gasteiger partial charge < -0.3 is 15.4 Å². The predicted molar refractivity (Wildman–Crippen MR) is 105 cm³/mol. The minimum absolute atomic E-state index is 0.0545. The van der Waals surface area contributed by atoms with Crippen LogP contribution in [0.4, 0.5) is 5.69 Å². The Hall–Kier alpha value is -2.40. The van der Waals surface area contributed by atoms with E-state index in [2.05, 4.69) is 29.7 Å². The molecule has 1 aliphatic heterocycles. The zero-order chi connectivity index (χ0) is 17.8. The quantitative estimate of drug-likeness (QED) is 0.792. The molecule has 1 fully saturated rings. The van der Waals surface area contributed by atoms with Crippen molar-refractivity contribution < 1.29 is 9.53 Å². The van der Waals surface area contributed by atoms with Crippen molar-refractivity contribution >= 4 is 29.4 Å². The Morgan fingerprint density at radius 3 is 2.64 bits per heavy atom. The van der Waals surface area contributed by atoms with E-state index in [4.69, 9.17) is 4.74 Å². The van der Waals surface area contributed by atoms with Gasteiger partial charge in [-0.2, -0.15) is 0 Å². The number of carbonyl (C=O) groups is 1. The molecule has 0 aliphatic carbocycles. The summed E-state index contributed by atoms with van der Waals surface area (Å²) in [7, 11) is 1.66. The zero-order valence-corrected chi connectivity index (χ0v) is 15.4. The molecule has 1 heterocycles. The molecule has 130 valence electrons. The Bertz CT molecular complexity index is 800. The summed E-state index contributed by atoms with van der Waals surface area (Å²) in [6.45, 7) is 4.13. The summed E-state index contributed by atoms with van der Waals surface area (Å²) in [5, 5.41) is 6.30. The summed E-state index contributed by atoms with van der Waals surface area (Å²) >= 11 is 1.49. The van der Waals surface area contributed by atoms with Crippen molar-refractivity contribution in [2.75, 3.05) is 12.4 Å². The standard InChI is InChI=1S/C20H22N2O2S/c1-4-14-5-8-16(9-6-14)21-20-22-19(23)18(25-20)12-15-7-10-17(24-3)13(2)11-15/h5-12,20-21H,4H2,1-3H3,(H,22,23)/b18-12-/t20-/m1/s1. The second-order valence-electron chi connectivity index (χ2n) is 5.90. The molecule has 25 heavy (non-hydrogen) atoms. The molecule has 1 amide bonds. The fraction of sp³-hybridized carbons (Fsp3) is 0.250. The summed E-state index contributed by atoms with van der Waals surface area (Å²) in [6, 6.07) is 14.2. The molecule has 0 radical (unpaired) electrons. The highest BCUT2D eigenvalue weighted by molar-refractivity contribution is 8.05. The van der Waals surface area contributed by atoms with Gasteiger partial charge in [0.05, 0.1) is 12.0 Å². The first-order valence-electron chi connectivity index (χ1n) is 8.28. The fourth-order valence-corrected chi connectivity index (χ4v) is 3.68. The number of ether oxygens (including phenoxy) is 1. The molecule has 2 aromatic carbocycles. The highest BCUT2D eigenvalue weighted by atomic mass is 32.2. The average Bonchev–Trinajstić information content (AvgIpc) is 2.95. The second-order valence-corrected chi connectivity index (χ2v) is 7.05. The van der Waals surface area contributed by atoms with Gasteiger partial charge in [0.1, 0.15) is 5.75 Å². The minimum Gasteiger partial charge on any atom is -0.496 e. The van der Waals surface area contributed by atoms with Crippen LogP contribution in [0.1, 0.15) is 23.6 Å². The minimum atomic E-state index is -0.162. The summed E-state index contributed by atoms with van der Waals surface area (Å²) < 4.78 is 5.28. The van der Waals surface area contributed by atoms with Crippen LogP contribution >= 0.6 is 11.8 Å². The predicted octanol–water partition coefficient (Wildman–Crippen LogP) is 4.17. The molecular formula is C20H22N2O2S. The fourth-order valence-electron chi connectivity index (χ4n) is 2.70. The van der Waals surface area contributed by atoms with Gasteiger partial charge in [0.2, 0.25) is 0 Å². The monoisotopic (exact) mass is 354 g/mol. The van der Waals surface area contributed by atoms with Gasteiger partial charge in [-0.15, -0.1) is 0 Å². The first-order valence-corrected chi connectivity index (χ1v) is 9.16. The maximum absolute atomic E-state index is 12.2. The van der Waals surface area contributed by atoms with E-state index in [0.717, 1.165) is 29.0 Å². The number of hydrogen-bond acceptors (Lipinski definition) is 4. The smallest absolute Gasteiger partial charge is 0.260 e. The third-order valence-corrected chi connectivity index (χ3v) is 5.14. The van der Waals surface area contributed by atoms with Crippen LogP contribution in [-0.4, -0.2) is 18.5 Å². The lowest BCUT2D eigenvalue weighted by Crippen LogP contribution is -2.30. The number of aryl methyl sites for hydroxylation is 2. The number of nitrogens with one attached hydrogen (secondary N) is 2. The molecule has 0 bridgehead atoms. The number of methoxy groups -OCH3 is 1. The van der Waals surface area contributed by atoms with Gasteiger partial charge in [0.15, 0.2) is 5.50 Å². The van der Waals surface area contributed by atoms with Crippen molar-refractivity contribution in [2.45, 2.75) is 25.8 Å². The van der Waals surface area contributed by atoms with Crippen LogP contribution in [0.5, 0.6) is 5.75 Å². The molecule has 0 spiro atoms. The first kappa shape index (κ1) is 17.4. The maximum Gasteiger partial charge on any atom is 0.260 e. The van der Waals surface area contributed by atoms with Crippen LogP contribution in [0.2, 0.25) is 0 Å². The third kappa shape index (κ3) is 4.17. The van der Waals surface area contributed by atoms with Crippen LogP contribution in [0.3, 0.4) is 0 Å². The van der Waals surface area contributed by atoms with E-state index in [0.29, 0.717) is 4.91 Å². The van der Waals surface area contributed by atoms with Gasteiger partial charge in [-0.05, 0) is 60.4 Å². The number of hydrogen-bond donors (Lipinski definition) is 2.